The molecule has 2 aromatic carbocycles. The number of hydrogen-bond donors (Lipinski definition) is 3. The van der Waals surface area contributed by atoms with E-state index in [0.717, 1.165) is 11.1 Å². The number of hydrogen-bond acceptors (Lipinski definition) is 6. The fourth-order valence-corrected chi connectivity index (χ4v) is 4.50. The first-order valence-corrected chi connectivity index (χ1v) is 11.2. The third-order valence-corrected chi connectivity index (χ3v) is 6.13. The van der Waals surface area contributed by atoms with Crippen LogP contribution in [0.4, 0.5) is 5.69 Å². The van der Waals surface area contributed by atoms with Crippen LogP contribution in [0.1, 0.15) is 29.9 Å². The van der Waals surface area contributed by atoms with E-state index in [-0.39, 0.29) is 49.6 Å². The highest BCUT2D eigenvalue weighted by Gasteiger charge is 2.46. The fraction of sp³-hybridized carbons (Fsp3) is 0.417. The van der Waals surface area contributed by atoms with Crippen molar-refractivity contribution in [2.45, 2.75) is 43.6 Å². The van der Waals surface area contributed by atoms with Crippen molar-refractivity contribution in [1.29, 1.82) is 0 Å². The van der Waals surface area contributed by atoms with Gasteiger partial charge in [-0.15, -0.1) is 0 Å². The largest absolute Gasteiger partial charge is 0.487 e. The molecule has 4 rings (SSSR count). The van der Waals surface area contributed by atoms with Crippen molar-refractivity contribution >= 4 is 29.1 Å². The van der Waals surface area contributed by atoms with Crippen LogP contribution < -0.4 is 15.4 Å². The van der Waals surface area contributed by atoms with Crippen molar-refractivity contribution in [3.63, 3.8) is 0 Å². The van der Waals surface area contributed by atoms with Gasteiger partial charge in [0, 0.05) is 35.8 Å². The van der Waals surface area contributed by atoms with E-state index in [9.17, 15) is 14.7 Å². The van der Waals surface area contributed by atoms with Gasteiger partial charge in [0.2, 0.25) is 11.8 Å². The smallest absolute Gasteiger partial charge is 0.250 e. The summed E-state index contributed by atoms with van der Waals surface area (Å²) in [5.74, 6) is 0.261. The van der Waals surface area contributed by atoms with Gasteiger partial charge in [-0.05, 0) is 42.3 Å². The van der Waals surface area contributed by atoms with Gasteiger partial charge in [-0.3, -0.25) is 9.59 Å². The van der Waals surface area contributed by atoms with Gasteiger partial charge in [0.05, 0.1) is 19.1 Å². The molecular formula is C24H27ClN2O6. The van der Waals surface area contributed by atoms with Gasteiger partial charge in [0.15, 0.2) is 0 Å². The molecule has 0 aliphatic carbocycles. The van der Waals surface area contributed by atoms with E-state index < -0.39 is 6.10 Å². The number of amides is 2. The molecule has 2 aliphatic heterocycles. The van der Waals surface area contributed by atoms with Crippen molar-refractivity contribution in [3.05, 3.63) is 58.6 Å². The van der Waals surface area contributed by atoms with Crippen LogP contribution in [-0.4, -0.2) is 55.6 Å². The first-order chi connectivity index (χ1) is 16.0. The molecule has 8 nitrogen and oxygen atoms in total. The Morgan fingerprint density at radius 1 is 1.18 bits per heavy atom. The molecule has 0 unspecified atom stereocenters. The quantitative estimate of drug-likeness (QED) is 0.543. The summed E-state index contributed by atoms with van der Waals surface area (Å²) in [5.41, 5.74) is 2.53. The maximum Gasteiger partial charge on any atom is 0.250 e. The van der Waals surface area contributed by atoms with Crippen molar-refractivity contribution in [2.75, 3.05) is 25.6 Å². The van der Waals surface area contributed by atoms with Crippen molar-refractivity contribution in [1.82, 2.24) is 5.32 Å². The number of aliphatic hydroxyl groups is 1. The molecule has 2 aromatic rings. The maximum atomic E-state index is 12.6. The third-order valence-electron chi connectivity index (χ3n) is 5.87. The standard InChI is InChI=1S/C24H27ClN2O6/c1-31-13-23(30)27-16-6-7-20-18(8-16)19-9-17(32-21(12-28)24(19)33-20)10-22(29)26-11-14-2-4-15(25)5-3-14/h2-8,17,19,21,24,28H,9-13H2,1H3,(H,26,29)(H,27,30)/t17-,19+,21-,24-/m1/s1. The minimum absolute atomic E-state index is 0.0345. The highest BCUT2D eigenvalue weighted by molar-refractivity contribution is 6.30. The number of nitrogens with one attached hydrogen (secondary N) is 2. The summed E-state index contributed by atoms with van der Waals surface area (Å²) >= 11 is 5.90. The van der Waals surface area contributed by atoms with Crippen LogP contribution in [0, 0.1) is 0 Å². The maximum absolute atomic E-state index is 12.6. The van der Waals surface area contributed by atoms with Gasteiger partial charge >= 0.3 is 0 Å². The second kappa shape index (κ2) is 10.5. The highest BCUT2D eigenvalue weighted by Crippen LogP contribution is 2.47. The predicted octanol–water partition coefficient (Wildman–Crippen LogP) is 2.63. The Bertz CT molecular complexity index is 999. The lowest BCUT2D eigenvalue weighted by Crippen LogP contribution is -2.47. The summed E-state index contributed by atoms with van der Waals surface area (Å²) in [7, 11) is 1.46. The minimum Gasteiger partial charge on any atom is -0.487 e. The van der Waals surface area contributed by atoms with Crippen LogP contribution in [0.25, 0.3) is 0 Å². The van der Waals surface area contributed by atoms with E-state index >= 15 is 0 Å². The van der Waals surface area contributed by atoms with Crippen LogP contribution in [0.3, 0.4) is 0 Å². The topological polar surface area (TPSA) is 106 Å². The molecule has 0 radical (unpaired) electrons. The molecule has 1 fully saturated rings. The Kier molecular flexibility index (Phi) is 7.49. The van der Waals surface area contributed by atoms with Gasteiger partial charge < -0.3 is 30.0 Å². The molecule has 2 aliphatic rings. The zero-order valence-electron chi connectivity index (χ0n) is 18.3. The Morgan fingerprint density at radius 2 is 1.97 bits per heavy atom. The van der Waals surface area contributed by atoms with Gasteiger partial charge in [-0.1, -0.05) is 23.7 Å². The van der Waals surface area contributed by atoms with E-state index in [0.29, 0.717) is 29.4 Å². The molecule has 176 valence electrons. The number of ether oxygens (including phenoxy) is 3. The number of methoxy groups -OCH3 is 1. The molecule has 0 bridgehead atoms. The number of rotatable bonds is 8. The van der Waals surface area contributed by atoms with Crippen molar-refractivity contribution in [3.8, 4) is 5.75 Å². The Morgan fingerprint density at radius 3 is 2.70 bits per heavy atom. The molecule has 33 heavy (non-hydrogen) atoms. The van der Waals surface area contributed by atoms with Gasteiger partial charge in [0.25, 0.3) is 0 Å². The summed E-state index contributed by atoms with van der Waals surface area (Å²) in [4.78, 5) is 24.4. The zero-order chi connectivity index (χ0) is 23.4. The van der Waals surface area contributed by atoms with Crippen molar-refractivity contribution in [2.24, 2.45) is 0 Å². The first kappa shape index (κ1) is 23.5. The number of halogens is 1. The Hall–Kier alpha value is -2.65. The normalized spacial score (nSPS) is 23.2. The third kappa shape index (κ3) is 5.65. The zero-order valence-corrected chi connectivity index (χ0v) is 19.0. The van der Waals surface area contributed by atoms with E-state index in [1.165, 1.54) is 7.11 Å². The van der Waals surface area contributed by atoms with Crippen LogP contribution in [0.2, 0.25) is 5.02 Å². The molecule has 3 N–H and O–H groups in total. The van der Waals surface area contributed by atoms with Crippen LogP contribution in [-0.2, 0) is 25.6 Å². The number of carbonyl (C=O) groups excluding carboxylic acids is 2. The molecule has 4 atom stereocenters. The number of benzene rings is 2. The Balaban J connectivity index is 1.41. The second-order valence-corrected chi connectivity index (χ2v) is 8.68. The van der Waals surface area contributed by atoms with E-state index in [1.54, 1.807) is 24.3 Å². The van der Waals surface area contributed by atoms with Crippen LogP contribution >= 0.6 is 11.6 Å². The van der Waals surface area contributed by atoms with E-state index in [1.807, 2.05) is 18.2 Å². The minimum atomic E-state index is -0.545. The molecule has 0 aromatic heterocycles. The average molecular weight is 475 g/mol. The monoisotopic (exact) mass is 474 g/mol. The van der Waals surface area contributed by atoms with Crippen LogP contribution in [0.15, 0.2) is 42.5 Å². The molecule has 0 spiro atoms. The fourth-order valence-electron chi connectivity index (χ4n) is 4.38. The number of fused-ring (bicyclic) bond motifs is 3. The SMILES string of the molecule is COCC(=O)Nc1ccc2c(c1)[C@@H]1C[C@H](CC(=O)NCc3ccc(Cl)cc3)O[C@H](CO)[C@@H]1O2. The van der Waals surface area contributed by atoms with E-state index in [2.05, 4.69) is 10.6 Å². The summed E-state index contributed by atoms with van der Waals surface area (Å²) in [6, 6.07) is 12.7. The molecule has 2 amide bonds. The van der Waals surface area contributed by atoms with E-state index in [4.69, 9.17) is 25.8 Å². The summed E-state index contributed by atoms with van der Waals surface area (Å²) in [5, 5.41) is 16.2. The summed E-state index contributed by atoms with van der Waals surface area (Å²) in [6.45, 7) is 0.150. The highest BCUT2D eigenvalue weighted by atomic mass is 35.5. The second-order valence-electron chi connectivity index (χ2n) is 8.24. The van der Waals surface area contributed by atoms with Crippen molar-refractivity contribution < 1.29 is 28.9 Å². The molecule has 1 saturated heterocycles. The molecule has 2 heterocycles. The van der Waals surface area contributed by atoms with Gasteiger partial charge in [0.1, 0.15) is 24.6 Å². The summed E-state index contributed by atoms with van der Waals surface area (Å²) < 4.78 is 16.9. The lowest BCUT2D eigenvalue weighted by molar-refractivity contribution is -0.142. The summed E-state index contributed by atoms with van der Waals surface area (Å²) in [6.07, 6.45) is -0.514. The van der Waals surface area contributed by atoms with Crippen LogP contribution in [0.5, 0.6) is 5.75 Å². The molecule has 0 saturated carbocycles. The molecular weight excluding hydrogens is 448 g/mol. The lowest BCUT2D eigenvalue weighted by atomic mass is 9.84. The number of carbonyl (C=O) groups is 2. The number of aliphatic hydroxyl groups excluding tert-OH is 1. The van der Waals surface area contributed by atoms with Gasteiger partial charge in [-0.25, -0.2) is 0 Å². The molecule has 9 heteroatoms. The first-order valence-electron chi connectivity index (χ1n) is 10.8. The van der Waals surface area contributed by atoms with Gasteiger partial charge in [-0.2, -0.15) is 0 Å². The lowest BCUT2D eigenvalue weighted by Gasteiger charge is -2.37. The predicted molar refractivity (Wildman–Crippen MR) is 122 cm³/mol. The Labute approximate surface area is 197 Å². The number of anilines is 1. The average Bonchev–Trinajstić information content (AvgIpc) is 3.16.